The molecule has 1 saturated carbocycles. The van der Waals surface area contributed by atoms with E-state index in [4.69, 9.17) is 0 Å². The van der Waals surface area contributed by atoms with E-state index in [-0.39, 0.29) is 18.4 Å². The average Bonchev–Trinajstić information content (AvgIpc) is 3.35. The van der Waals surface area contributed by atoms with Gasteiger partial charge in [0.25, 0.3) is 11.8 Å². The molecule has 1 N–H and O–H groups in total. The Morgan fingerprint density at radius 3 is 2.69 bits per heavy atom. The average molecular weight is 393 g/mol. The van der Waals surface area contributed by atoms with Crippen LogP contribution in [0.1, 0.15) is 68.4 Å². The minimum absolute atomic E-state index is 0.164. The summed E-state index contributed by atoms with van der Waals surface area (Å²) in [5.74, 6) is -0.749. The second kappa shape index (κ2) is 7.93. The zero-order valence-corrected chi connectivity index (χ0v) is 17.4. The Morgan fingerprint density at radius 1 is 1.24 bits per heavy atom. The van der Waals surface area contributed by atoms with E-state index >= 15 is 0 Å². The van der Waals surface area contributed by atoms with Gasteiger partial charge in [-0.2, -0.15) is 5.10 Å². The molecule has 1 fully saturated rings. The van der Waals surface area contributed by atoms with Gasteiger partial charge in [-0.05, 0) is 56.9 Å². The van der Waals surface area contributed by atoms with Gasteiger partial charge >= 0.3 is 0 Å². The molecule has 1 aromatic carbocycles. The second-order valence-corrected chi connectivity index (χ2v) is 8.20. The van der Waals surface area contributed by atoms with E-state index in [0.717, 1.165) is 41.3 Å². The first-order valence-corrected chi connectivity index (χ1v) is 10.5. The van der Waals surface area contributed by atoms with Crippen LogP contribution >= 0.6 is 0 Å². The summed E-state index contributed by atoms with van der Waals surface area (Å²) in [4.78, 5) is 29.3. The molecule has 2 aliphatic rings. The lowest BCUT2D eigenvalue weighted by Gasteiger charge is -2.19. The first kappa shape index (κ1) is 19.6. The molecule has 1 aliphatic carbocycles. The summed E-state index contributed by atoms with van der Waals surface area (Å²) in [6.45, 7) is 6.07. The first-order valence-electron chi connectivity index (χ1n) is 10.5. The quantitative estimate of drug-likeness (QED) is 0.835. The minimum Gasteiger partial charge on any atom is -0.351 e. The van der Waals surface area contributed by atoms with Gasteiger partial charge < -0.3 is 5.32 Å². The van der Waals surface area contributed by atoms with Crippen molar-refractivity contribution < 1.29 is 9.59 Å². The fourth-order valence-electron chi connectivity index (χ4n) is 4.48. The van der Waals surface area contributed by atoms with Crippen LogP contribution in [0.5, 0.6) is 0 Å². The highest BCUT2D eigenvalue weighted by atomic mass is 16.2. The number of carbonyl (C=O) groups is 2. The van der Waals surface area contributed by atoms with Crippen molar-refractivity contribution in [1.29, 1.82) is 0 Å². The van der Waals surface area contributed by atoms with Gasteiger partial charge in [0, 0.05) is 17.6 Å². The van der Waals surface area contributed by atoms with Gasteiger partial charge in [-0.15, -0.1) is 0 Å². The number of nitrogens with one attached hydrogen (secondary N) is 1. The van der Waals surface area contributed by atoms with Crippen LogP contribution in [0.3, 0.4) is 0 Å². The molecule has 0 saturated heterocycles. The fourth-order valence-corrected chi connectivity index (χ4v) is 4.48. The van der Waals surface area contributed by atoms with Crippen molar-refractivity contribution in [3.63, 3.8) is 0 Å². The maximum atomic E-state index is 13.1. The number of carbonyl (C=O) groups excluding carboxylic acids is 2. The number of benzene rings is 1. The third-order valence-electron chi connectivity index (χ3n) is 6.14. The summed E-state index contributed by atoms with van der Waals surface area (Å²) in [7, 11) is 0. The predicted octanol–water partition coefficient (Wildman–Crippen LogP) is 4.01. The molecule has 2 heterocycles. The van der Waals surface area contributed by atoms with Crippen molar-refractivity contribution in [3.05, 3.63) is 41.1 Å². The molecular formula is C23H28N4O2. The summed E-state index contributed by atoms with van der Waals surface area (Å²) < 4.78 is 2.10. The number of amides is 2. The smallest absolute Gasteiger partial charge is 0.254 e. The number of aryl methyl sites for hydroxylation is 1. The highest BCUT2D eigenvalue weighted by Crippen LogP contribution is 2.33. The largest absolute Gasteiger partial charge is 0.351 e. The molecule has 2 amide bonds. The summed E-state index contributed by atoms with van der Waals surface area (Å²) in [6, 6.07) is 4.53. The van der Waals surface area contributed by atoms with E-state index in [1.165, 1.54) is 12.8 Å². The van der Waals surface area contributed by atoms with Crippen LogP contribution in [0.4, 0.5) is 0 Å². The van der Waals surface area contributed by atoms with Gasteiger partial charge in [-0.3, -0.25) is 14.3 Å². The van der Waals surface area contributed by atoms with E-state index < -0.39 is 5.92 Å². The van der Waals surface area contributed by atoms with E-state index in [2.05, 4.69) is 33.1 Å². The normalized spacial score (nSPS) is 20.1. The third-order valence-corrected chi connectivity index (χ3v) is 6.14. The molecule has 1 aliphatic heterocycles. The van der Waals surface area contributed by atoms with Crippen molar-refractivity contribution in [2.45, 2.75) is 58.9 Å². The van der Waals surface area contributed by atoms with Gasteiger partial charge in [0.1, 0.15) is 0 Å². The van der Waals surface area contributed by atoms with Gasteiger partial charge in [0.05, 0.1) is 29.2 Å². The van der Waals surface area contributed by atoms with Crippen LogP contribution in [-0.4, -0.2) is 33.9 Å². The van der Waals surface area contributed by atoms with Crippen LogP contribution < -0.4 is 5.32 Å². The molecular weight excluding hydrogens is 364 g/mol. The monoisotopic (exact) mass is 392 g/mol. The van der Waals surface area contributed by atoms with Crippen LogP contribution in [0.2, 0.25) is 0 Å². The van der Waals surface area contributed by atoms with Gasteiger partial charge in [-0.25, -0.2) is 4.99 Å². The van der Waals surface area contributed by atoms with Crippen LogP contribution in [0.25, 0.3) is 10.9 Å². The number of aliphatic imine (C=N–C) groups is 1. The van der Waals surface area contributed by atoms with Crippen LogP contribution in [0, 0.1) is 5.92 Å². The van der Waals surface area contributed by atoms with E-state index in [0.29, 0.717) is 17.3 Å². The SMILES string of the molecule is CCc1cc(C(=O)NCC2C(=O)N=C(C)C=C2C)c2cnn(C3CCCC3)c2c1. The van der Waals surface area contributed by atoms with E-state index in [9.17, 15) is 9.59 Å². The number of dihydropyridines is 1. The van der Waals surface area contributed by atoms with Crippen molar-refractivity contribution in [2.75, 3.05) is 6.54 Å². The predicted molar refractivity (Wildman–Crippen MR) is 114 cm³/mol. The standard InChI is InChI=1S/C23H28N4O2/c1-4-16-10-18(20-13-25-27(21(20)11-16)17-7-5-6-8-17)22(28)24-12-19-14(2)9-15(3)26-23(19)29/h9-11,13,17,19H,4-8,12H2,1-3H3,(H,24,28). The zero-order chi connectivity index (χ0) is 20.5. The molecule has 1 atom stereocenters. The van der Waals surface area contributed by atoms with Gasteiger partial charge in [-0.1, -0.05) is 25.3 Å². The zero-order valence-electron chi connectivity index (χ0n) is 17.4. The van der Waals surface area contributed by atoms with Crippen LogP contribution in [-0.2, 0) is 11.2 Å². The molecule has 0 radical (unpaired) electrons. The number of nitrogens with zero attached hydrogens (tertiary/aromatic N) is 3. The Kier molecular flexibility index (Phi) is 5.35. The molecule has 0 bridgehead atoms. The Morgan fingerprint density at radius 2 is 2.00 bits per heavy atom. The number of hydrogen-bond donors (Lipinski definition) is 1. The van der Waals surface area contributed by atoms with E-state index in [1.807, 2.05) is 32.2 Å². The highest BCUT2D eigenvalue weighted by Gasteiger charge is 2.26. The topological polar surface area (TPSA) is 76.3 Å². The Bertz CT molecular complexity index is 1020. The molecule has 1 unspecified atom stereocenters. The van der Waals surface area contributed by atoms with E-state index in [1.54, 1.807) is 0 Å². The Balaban J connectivity index is 1.60. The summed E-state index contributed by atoms with van der Waals surface area (Å²) in [5, 5.41) is 8.47. The third kappa shape index (κ3) is 3.76. The van der Waals surface area contributed by atoms with Gasteiger partial charge in [0.2, 0.25) is 0 Å². The summed E-state index contributed by atoms with van der Waals surface area (Å²) in [6.07, 6.45) is 9.32. The molecule has 29 heavy (non-hydrogen) atoms. The second-order valence-electron chi connectivity index (χ2n) is 8.20. The minimum atomic E-state index is -0.395. The lowest BCUT2D eigenvalue weighted by molar-refractivity contribution is -0.120. The van der Waals surface area contributed by atoms with Crippen molar-refractivity contribution in [1.82, 2.24) is 15.1 Å². The number of aromatic nitrogens is 2. The fraction of sp³-hybridized carbons (Fsp3) is 0.478. The maximum Gasteiger partial charge on any atom is 0.254 e. The number of hydrogen-bond acceptors (Lipinski definition) is 3. The van der Waals surface area contributed by atoms with Crippen LogP contribution in [0.15, 0.2) is 35.0 Å². The molecule has 0 spiro atoms. The van der Waals surface area contributed by atoms with Crippen molar-refractivity contribution in [3.8, 4) is 0 Å². The lowest BCUT2D eigenvalue weighted by Crippen LogP contribution is -2.34. The van der Waals surface area contributed by atoms with Gasteiger partial charge in [0.15, 0.2) is 0 Å². The van der Waals surface area contributed by atoms with Crippen molar-refractivity contribution in [2.24, 2.45) is 10.9 Å². The van der Waals surface area contributed by atoms with Crippen molar-refractivity contribution >= 4 is 28.4 Å². The number of rotatable bonds is 5. The molecule has 152 valence electrons. The number of allylic oxidation sites excluding steroid dienone is 1. The molecule has 4 rings (SSSR count). The lowest BCUT2D eigenvalue weighted by atomic mass is 9.95. The molecule has 2 aromatic rings. The maximum absolute atomic E-state index is 13.1. The Labute approximate surface area is 171 Å². The Hall–Kier alpha value is -2.76. The number of fused-ring (bicyclic) bond motifs is 1. The highest BCUT2D eigenvalue weighted by molar-refractivity contribution is 6.08. The molecule has 1 aromatic heterocycles. The summed E-state index contributed by atoms with van der Waals surface area (Å²) >= 11 is 0. The molecule has 6 nitrogen and oxygen atoms in total. The first-order chi connectivity index (χ1) is 14.0. The molecule has 6 heteroatoms. The summed E-state index contributed by atoms with van der Waals surface area (Å²) in [5.41, 5.74) is 4.43.